The number of rotatable bonds is 4. The van der Waals surface area contributed by atoms with Gasteiger partial charge >= 0.3 is 0 Å². The Hall–Kier alpha value is -3.19. The van der Waals surface area contributed by atoms with E-state index in [1.54, 1.807) is 47.0 Å². The van der Waals surface area contributed by atoms with Gasteiger partial charge in [-0.3, -0.25) is 19.0 Å². The summed E-state index contributed by atoms with van der Waals surface area (Å²) in [6, 6.07) is 11.8. The largest absolute Gasteiger partial charge is 0.326 e. The second-order valence-corrected chi connectivity index (χ2v) is 7.69. The fraction of sp³-hybridized carbons (Fsp3) is 0.273. The number of carbonyl (C=O) groups excluding carboxylic acids is 2. The van der Waals surface area contributed by atoms with Crippen LogP contribution in [0.5, 0.6) is 0 Å². The lowest BCUT2D eigenvalue weighted by Crippen LogP contribution is -2.25. The maximum Gasteiger partial charge on any atom is 0.261 e. The third-order valence-corrected chi connectivity index (χ3v) is 5.40. The summed E-state index contributed by atoms with van der Waals surface area (Å²) in [6.45, 7) is 0.663. The molecule has 0 radical (unpaired) electrons. The molecule has 1 aliphatic heterocycles. The summed E-state index contributed by atoms with van der Waals surface area (Å²) in [6.07, 6.45) is 3.49. The minimum Gasteiger partial charge on any atom is -0.326 e. The first kappa shape index (κ1) is 20.1. The number of benzene rings is 2. The Bertz CT molecular complexity index is 1190. The van der Waals surface area contributed by atoms with Crippen molar-refractivity contribution in [1.29, 1.82) is 0 Å². The van der Waals surface area contributed by atoms with Crippen molar-refractivity contribution < 1.29 is 9.59 Å². The molecule has 2 aromatic carbocycles. The zero-order valence-electron chi connectivity index (χ0n) is 16.3. The number of nitrogens with zero attached hydrogens (tertiary/aromatic N) is 2. The number of nitrogens with one attached hydrogen (secondary N) is 2. The zero-order valence-corrected chi connectivity index (χ0v) is 17.0. The molecule has 0 unspecified atom stereocenters. The average Bonchev–Trinajstić information content (AvgIpc) is 2.96. The van der Waals surface area contributed by atoms with Gasteiger partial charge in [0.2, 0.25) is 11.8 Å². The number of hydrogen-bond donors (Lipinski definition) is 2. The molecule has 0 spiro atoms. The van der Waals surface area contributed by atoms with E-state index in [-0.39, 0.29) is 12.0 Å². The molecule has 2 heterocycles. The van der Waals surface area contributed by atoms with Crippen LogP contribution in [-0.4, -0.2) is 21.4 Å². The lowest BCUT2D eigenvalue weighted by atomic mass is 10.2. The predicted molar refractivity (Wildman–Crippen MR) is 117 cm³/mol. The molecule has 0 saturated carbocycles. The molecule has 0 saturated heterocycles. The molecule has 30 heavy (non-hydrogen) atoms. The molecule has 0 atom stereocenters. The van der Waals surface area contributed by atoms with E-state index in [2.05, 4.69) is 15.6 Å². The fourth-order valence-corrected chi connectivity index (χ4v) is 3.79. The van der Waals surface area contributed by atoms with E-state index < -0.39 is 11.8 Å². The van der Waals surface area contributed by atoms with E-state index in [9.17, 15) is 14.4 Å². The molecular formula is C22H21ClN4O3. The van der Waals surface area contributed by atoms with Crippen LogP contribution in [0.1, 0.15) is 31.5 Å². The van der Waals surface area contributed by atoms with Gasteiger partial charge in [-0.05, 0) is 43.2 Å². The minimum absolute atomic E-state index is 0.0931. The van der Waals surface area contributed by atoms with Crippen molar-refractivity contribution >= 4 is 45.7 Å². The van der Waals surface area contributed by atoms with Gasteiger partial charge < -0.3 is 10.6 Å². The van der Waals surface area contributed by atoms with Crippen molar-refractivity contribution in [2.24, 2.45) is 0 Å². The Kier molecular flexibility index (Phi) is 5.81. The third kappa shape index (κ3) is 4.36. The van der Waals surface area contributed by atoms with E-state index in [0.29, 0.717) is 33.8 Å². The van der Waals surface area contributed by atoms with Gasteiger partial charge in [0.1, 0.15) is 12.2 Å². The van der Waals surface area contributed by atoms with Gasteiger partial charge in [0.05, 0.1) is 21.6 Å². The molecule has 8 heteroatoms. The number of amides is 2. The summed E-state index contributed by atoms with van der Waals surface area (Å²) in [5.74, 6) is -0.145. The Balaban J connectivity index is 1.49. The monoisotopic (exact) mass is 424 g/mol. The van der Waals surface area contributed by atoms with Crippen molar-refractivity contribution in [3.63, 3.8) is 0 Å². The highest BCUT2D eigenvalue weighted by atomic mass is 35.5. The van der Waals surface area contributed by atoms with Crippen LogP contribution in [-0.2, 0) is 22.6 Å². The fourth-order valence-electron chi connectivity index (χ4n) is 3.60. The first-order valence-electron chi connectivity index (χ1n) is 9.89. The zero-order chi connectivity index (χ0) is 21.1. The molecule has 2 amide bonds. The van der Waals surface area contributed by atoms with Crippen LogP contribution in [0.25, 0.3) is 10.9 Å². The highest BCUT2D eigenvalue weighted by Gasteiger charge is 2.15. The number of carbonyl (C=O) groups is 2. The molecule has 2 N–H and O–H groups in total. The van der Waals surface area contributed by atoms with E-state index >= 15 is 0 Å². The SMILES string of the molecule is O=C(CC(=O)Nc1ccccc1Cl)Nc1ccc2nc3n(c(=O)c2c1)CCCCC3. The van der Waals surface area contributed by atoms with Crippen molar-refractivity contribution in [2.75, 3.05) is 10.6 Å². The van der Waals surface area contributed by atoms with Crippen molar-refractivity contribution in [2.45, 2.75) is 38.6 Å². The summed E-state index contributed by atoms with van der Waals surface area (Å²) in [5, 5.41) is 6.14. The summed E-state index contributed by atoms with van der Waals surface area (Å²) in [5.41, 5.74) is 1.42. The molecule has 154 valence electrons. The maximum atomic E-state index is 12.9. The minimum atomic E-state index is -0.485. The number of anilines is 2. The van der Waals surface area contributed by atoms with Crippen LogP contribution < -0.4 is 16.2 Å². The van der Waals surface area contributed by atoms with Crippen molar-refractivity contribution in [1.82, 2.24) is 9.55 Å². The molecule has 7 nitrogen and oxygen atoms in total. The van der Waals surface area contributed by atoms with Crippen LogP contribution in [0.2, 0.25) is 5.02 Å². The second kappa shape index (κ2) is 8.67. The third-order valence-electron chi connectivity index (χ3n) is 5.07. The smallest absolute Gasteiger partial charge is 0.261 e. The summed E-state index contributed by atoms with van der Waals surface area (Å²) in [4.78, 5) is 42.0. The maximum absolute atomic E-state index is 12.9. The molecule has 0 bridgehead atoms. The van der Waals surface area contributed by atoms with Crippen LogP contribution in [0.15, 0.2) is 47.3 Å². The summed E-state index contributed by atoms with van der Waals surface area (Å²) >= 11 is 6.01. The molecule has 1 aliphatic rings. The molecular weight excluding hydrogens is 404 g/mol. The number of hydrogen-bond acceptors (Lipinski definition) is 4. The van der Waals surface area contributed by atoms with Gasteiger partial charge in [0, 0.05) is 18.7 Å². The summed E-state index contributed by atoms with van der Waals surface area (Å²) < 4.78 is 1.73. The topological polar surface area (TPSA) is 93.1 Å². The van der Waals surface area contributed by atoms with Gasteiger partial charge in [0.25, 0.3) is 5.56 Å². The molecule has 4 rings (SSSR count). The van der Waals surface area contributed by atoms with Crippen LogP contribution >= 0.6 is 11.6 Å². The van der Waals surface area contributed by atoms with E-state index in [0.717, 1.165) is 31.5 Å². The Morgan fingerprint density at radius 3 is 2.67 bits per heavy atom. The molecule has 0 aliphatic carbocycles. The lowest BCUT2D eigenvalue weighted by Gasteiger charge is -2.11. The number of aromatic nitrogens is 2. The second-order valence-electron chi connectivity index (χ2n) is 7.28. The van der Waals surface area contributed by atoms with Crippen LogP contribution in [0, 0.1) is 0 Å². The van der Waals surface area contributed by atoms with E-state index in [1.807, 2.05) is 0 Å². The van der Waals surface area contributed by atoms with Crippen molar-refractivity contribution in [3.05, 3.63) is 63.7 Å². The van der Waals surface area contributed by atoms with E-state index in [1.165, 1.54) is 0 Å². The van der Waals surface area contributed by atoms with E-state index in [4.69, 9.17) is 11.6 Å². The highest BCUT2D eigenvalue weighted by molar-refractivity contribution is 6.33. The van der Waals surface area contributed by atoms with Gasteiger partial charge in [-0.15, -0.1) is 0 Å². The predicted octanol–water partition coefficient (Wildman–Crippen LogP) is 3.74. The van der Waals surface area contributed by atoms with Crippen LogP contribution in [0.3, 0.4) is 0 Å². The Labute approximate surface area is 178 Å². The normalized spacial score (nSPS) is 13.4. The summed E-state index contributed by atoms with van der Waals surface area (Å²) in [7, 11) is 0. The van der Waals surface area contributed by atoms with Crippen LogP contribution in [0.4, 0.5) is 11.4 Å². The number of fused-ring (bicyclic) bond motifs is 2. The first-order valence-corrected chi connectivity index (χ1v) is 10.3. The van der Waals surface area contributed by atoms with Gasteiger partial charge in [-0.1, -0.05) is 30.2 Å². The van der Waals surface area contributed by atoms with Gasteiger partial charge in [0.15, 0.2) is 0 Å². The Morgan fingerprint density at radius 1 is 1.03 bits per heavy atom. The molecule has 1 aromatic heterocycles. The van der Waals surface area contributed by atoms with Gasteiger partial charge in [-0.25, -0.2) is 4.98 Å². The molecule has 0 fully saturated rings. The lowest BCUT2D eigenvalue weighted by molar-refractivity contribution is -0.123. The Morgan fingerprint density at radius 2 is 1.83 bits per heavy atom. The van der Waals surface area contributed by atoms with Crippen molar-refractivity contribution in [3.8, 4) is 0 Å². The number of halogens is 1. The highest BCUT2D eigenvalue weighted by Crippen LogP contribution is 2.21. The molecule has 3 aromatic rings. The number of para-hydroxylation sites is 1. The van der Waals surface area contributed by atoms with Gasteiger partial charge in [-0.2, -0.15) is 0 Å². The quantitative estimate of drug-likeness (QED) is 0.624. The average molecular weight is 425 g/mol. The number of aryl methyl sites for hydroxylation is 1. The standard InChI is InChI=1S/C22H21ClN4O3/c23-16-6-3-4-7-18(16)26-21(29)13-20(28)24-14-9-10-17-15(12-14)22(30)27-11-5-1-2-8-19(27)25-17/h3-4,6-7,9-10,12H,1-2,5,8,11,13H2,(H,24,28)(H,26,29). The first-order chi connectivity index (χ1) is 14.5.